The zero-order valence-electron chi connectivity index (χ0n) is 60.9. The number of hydrogen-bond donors (Lipinski definition) is 0. The molecule has 0 fully saturated rings. The van der Waals surface area contributed by atoms with E-state index in [0.717, 1.165) is 153 Å². The van der Waals surface area contributed by atoms with Crippen LogP contribution in [0, 0.1) is 0 Å². The first-order chi connectivity index (χ1) is 50.1. The van der Waals surface area contributed by atoms with Crippen LogP contribution in [-0.2, 0) is 39.6 Å². The lowest BCUT2D eigenvalue weighted by molar-refractivity contribution is 0.272. The van der Waals surface area contributed by atoms with Crippen molar-refractivity contribution in [3.05, 3.63) is 238 Å². The van der Waals surface area contributed by atoms with Crippen LogP contribution in [0.2, 0.25) is 0 Å². The van der Waals surface area contributed by atoms with Gasteiger partial charge in [-0.2, -0.15) is 0 Å². The summed E-state index contributed by atoms with van der Waals surface area (Å²) in [7, 11) is 0. The Morgan fingerprint density at radius 3 is 0.539 bits per heavy atom. The highest BCUT2D eigenvalue weighted by Crippen LogP contribution is 2.35. The summed E-state index contributed by atoms with van der Waals surface area (Å²) >= 11 is 0. The quantitative estimate of drug-likeness (QED) is 0.0336. The molecule has 0 saturated heterocycles. The summed E-state index contributed by atoms with van der Waals surface area (Å²) in [6, 6.07) is 60.1. The minimum Gasteiger partial charge on any atom is -0.493 e. The Bertz CT molecular complexity index is 3550. The van der Waals surface area contributed by atoms with Gasteiger partial charge in [-0.25, -0.2) is 0 Å². The first-order valence-electron chi connectivity index (χ1n) is 36.4. The summed E-state index contributed by atoms with van der Waals surface area (Å²) in [5.41, 5.74) is 9.33. The summed E-state index contributed by atoms with van der Waals surface area (Å²) < 4.78 is 89.1. The van der Waals surface area contributed by atoms with Crippen LogP contribution in [-0.4, -0.2) is 52.9 Å². The van der Waals surface area contributed by atoms with Gasteiger partial charge in [0.25, 0.3) is 0 Å². The molecule has 538 valence electrons. The average molecular weight is 1380 g/mol. The van der Waals surface area contributed by atoms with E-state index in [1.807, 2.05) is 146 Å². The molecule has 0 aliphatic heterocycles. The Morgan fingerprint density at radius 2 is 0.343 bits per heavy atom. The number of benzene rings is 9. The third-order valence-corrected chi connectivity index (χ3v) is 15.4. The smallest absolute Gasteiger partial charge is 0.124 e. The predicted molar refractivity (Wildman–Crippen MR) is 408 cm³/mol. The Morgan fingerprint density at radius 1 is 0.176 bits per heavy atom. The largest absolute Gasteiger partial charge is 0.493 e. The molecule has 0 aromatic heterocycles. The fourth-order valence-corrected chi connectivity index (χ4v) is 10.6. The molecule has 0 bridgehead atoms. The highest BCUT2D eigenvalue weighted by atomic mass is 16.5. The van der Waals surface area contributed by atoms with Crippen LogP contribution < -0.4 is 66.3 Å². The molecule has 0 amide bonds. The maximum atomic E-state index is 6.84. The van der Waals surface area contributed by atoms with Crippen LogP contribution >= 0.6 is 0 Å². The maximum absolute atomic E-state index is 6.84. The molecule has 0 N–H and O–H groups in total. The lowest BCUT2D eigenvalue weighted by Gasteiger charge is -2.16. The van der Waals surface area contributed by atoms with Crippen molar-refractivity contribution in [2.45, 2.75) is 146 Å². The van der Waals surface area contributed by atoms with E-state index in [1.54, 1.807) is 0 Å². The van der Waals surface area contributed by atoms with Crippen LogP contribution in [0.15, 0.2) is 182 Å². The van der Waals surface area contributed by atoms with Gasteiger partial charge >= 0.3 is 0 Å². The van der Waals surface area contributed by atoms with Gasteiger partial charge < -0.3 is 66.3 Å². The maximum Gasteiger partial charge on any atom is 0.124 e. The highest BCUT2D eigenvalue weighted by Gasteiger charge is 2.15. The minimum absolute atomic E-state index is 0.155. The number of ether oxygens (including phenoxy) is 14. The number of hydrogen-bond acceptors (Lipinski definition) is 14. The molecule has 0 aliphatic rings. The van der Waals surface area contributed by atoms with Gasteiger partial charge in [0.15, 0.2) is 0 Å². The van der Waals surface area contributed by atoms with Gasteiger partial charge in [0.05, 0.1) is 52.9 Å². The Hall–Kier alpha value is -10.3. The molecule has 9 aromatic rings. The molecule has 0 aliphatic carbocycles. The lowest BCUT2D eigenvalue weighted by Crippen LogP contribution is -2.04. The van der Waals surface area contributed by atoms with E-state index in [4.69, 9.17) is 66.3 Å². The molecule has 0 spiro atoms. The third-order valence-electron chi connectivity index (χ3n) is 15.4. The van der Waals surface area contributed by atoms with Crippen molar-refractivity contribution in [1.82, 2.24) is 0 Å². The van der Waals surface area contributed by atoms with E-state index in [9.17, 15) is 0 Å². The summed E-state index contributed by atoms with van der Waals surface area (Å²) in [6.45, 7) is 22.7. The molecule has 14 heteroatoms. The lowest BCUT2D eigenvalue weighted by atomic mass is 10.1. The zero-order valence-corrected chi connectivity index (χ0v) is 60.9. The monoisotopic (exact) mass is 1380 g/mol. The van der Waals surface area contributed by atoms with Crippen LogP contribution in [0.1, 0.15) is 162 Å². The average Bonchev–Trinajstić information content (AvgIpc) is 0.904. The van der Waals surface area contributed by atoms with Crippen molar-refractivity contribution >= 4 is 24.3 Å². The first kappa shape index (κ1) is 75.9. The molecule has 9 aromatic carbocycles. The Labute approximate surface area is 605 Å². The molecule has 0 radical (unpaired) electrons. The van der Waals surface area contributed by atoms with Crippen molar-refractivity contribution in [3.8, 4) is 80.5 Å². The van der Waals surface area contributed by atoms with Gasteiger partial charge in [0, 0.05) is 42.5 Å². The second-order valence-electron chi connectivity index (χ2n) is 24.9. The van der Waals surface area contributed by atoms with E-state index in [-0.39, 0.29) is 39.6 Å². The molecule has 102 heavy (non-hydrogen) atoms. The third kappa shape index (κ3) is 26.3. The zero-order chi connectivity index (χ0) is 71.4. The summed E-state index contributed by atoms with van der Waals surface area (Å²) in [5, 5.41) is 0. The molecule has 0 heterocycles. The Kier molecular flexibility index (Phi) is 31.3. The fraction of sp³-hybridized carbons (Fsp3) is 0.341. The van der Waals surface area contributed by atoms with E-state index in [0.29, 0.717) is 87.4 Å². The summed E-state index contributed by atoms with van der Waals surface area (Å²) in [4.78, 5) is 0. The molecule has 14 nitrogen and oxygen atoms in total. The van der Waals surface area contributed by atoms with Crippen molar-refractivity contribution < 1.29 is 66.3 Å². The topological polar surface area (TPSA) is 129 Å². The molecule has 0 unspecified atom stereocenters. The second kappa shape index (κ2) is 42.0. The predicted octanol–water partition coefficient (Wildman–Crippen LogP) is 21.8. The van der Waals surface area contributed by atoms with Gasteiger partial charge in [0.2, 0.25) is 0 Å². The van der Waals surface area contributed by atoms with Gasteiger partial charge in [-0.15, -0.1) is 0 Å². The van der Waals surface area contributed by atoms with E-state index in [1.165, 1.54) is 0 Å². The van der Waals surface area contributed by atoms with Crippen LogP contribution in [0.5, 0.6) is 80.5 Å². The normalized spacial score (nSPS) is 11.1. The minimum atomic E-state index is 0.155. The van der Waals surface area contributed by atoms with Gasteiger partial charge in [-0.05, 0) is 192 Å². The van der Waals surface area contributed by atoms with Gasteiger partial charge in [0.1, 0.15) is 120 Å². The molecule has 0 saturated carbocycles. The molecule has 0 atom stereocenters. The van der Waals surface area contributed by atoms with Crippen molar-refractivity contribution in [3.63, 3.8) is 0 Å². The van der Waals surface area contributed by atoms with E-state index in [2.05, 4.69) is 116 Å². The molecular weight excluding hydrogens is 1280 g/mol. The Balaban J connectivity index is 1.03. The fourth-order valence-electron chi connectivity index (χ4n) is 10.6. The first-order valence-corrected chi connectivity index (χ1v) is 36.4. The SMILES string of the molecule is CCCOc1cc(COc2cc(COc3cc(/C=C\c4ccc(/C=C\c5ccccc5)cc4)cc(OCc4cc(OCc5cc(OCCC)cc(OCCC)c5)cc(OCc5cc(OCCC)cc(OCCC)c5)c4)c3)cc(OCc3cc(OCCC)cc(OCCC)c3)c2)cc(OCCC)c1. The highest BCUT2D eigenvalue weighted by molar-refractivity contribution is 5.74. The van der Waals surface area contributed by atoms with E-state index >= 15 is 0 Å². The van der Waals surface area contributed by atoms with Gasteiger partial charge in [-0.1, -0.05) is 134 Å². The second-order valence-corrected chi connectivity index (χ2v) is 24.9. The van der Waals surface area contributed by atoms with Crippen LogP contribution in [0.3, 0.4) is 0 Å². The molecule has 9 rings (SSSR count). The van der Waals surface area contributed by atoms with E-state index < -0.39 is 0 Å². The van der Waals surface area contributed by atoms with Crippen LogP contribution in [0.4, 0.5) is 0 Å². The van der Waals surface area contributed by atoms with Crippen molar-refractivity contribution in [1.29, 1.82) is 0 Å². The summed E-state index contributed by atoms with van der Waals surface area (Å²) in [6.07, 6.45) is 15.4. The van der Waals surface area contributed by atoms with Crippen molar-refractivity contribution in [2.24, 2.45) is 0 Å². The molecular formula is C88H102O14. The van der Waals surface area contributed by atoms with Crippen LogP contribution in [0.25, 0.3) is 24.3 Å². The van der Waals surface area contributed by atoms with Crippen molar-refractivity contribution in [2.75, 3.05) is 52.9 Å². The van der Waals surface area contributed by atoms with Gasteiger partial charge in [-0.3, -0.25) is 0 Å². The number of rotatable bonds is 46. The standard InChI is InChI=1S/C88H102O14/c1-9-30-89-75-40-69(41-76(52-75)90-31-10-2)59-99-85-48-73(49-86(57-85)100-60-70-42-77(91-32-11-3)53-78(43-70)92-33-12-4)63-97-83-38-68(29-28-67-26-24-66(25-27-67)23-22-65-20-18-17-19-21-65)39-84(56-83)98-64-74-50-87(101-61-71-44-79(93-34-13-5)54-80(45-71)94-35-14-6)58-88(51-74)102-62-72-46-81(95-36-15-7)55-82(47-72)96-37-16-8/h17-29,38-58H,9-16,30-37,59-64H2,1-8H3/b23-22-,29-28-. The summed E-state index contributed by atoms with van der Waals surface area (Å²) in [5.74, 6) is 9.34.